The largest absolute Gasteiger partial charge is 0.490 e. The van der Waals surface area contributed by atoms with E-state index in [1.54, 1.807) is 30.1 Å². The SMILES string of the molecule is CCCNC(=O)C[C@H]1CC[C@H]2[C@H](COc3ccc(NC(=O)Cc4cccs4)cc3C(=O)N2C)O1. The molecule has 2 aromatic rings. The fourth-order valence-corrected chi connectivity index (χ4v) is 5.13. The van der Waals surface area contributed by atoms with Gasteiger partial charge in [-0.3, -0.25) is 14.4 Å². The highest BCUT2D eigenvalue weighted by atomic mass is 32.1. The van der Waals surface area contributed by atoms with E-state index in [-0.39, 0.29) is 49.0 Å². The number of thiophene rings is 1. The summed E-state index contributed by atoms with van der Waals surface area (Å²) >= 11 is 1.53. The molecule has 0 saturated carbocycles. The van der Waals surface area contributed by atoms with Gasteiger partial charge >= 0.3 is 0 Å². The smallest absolute Gasteiger partial charge is 0.257 e. The first kappa shape index (κ1) is 24.2. The maximum absolute atomic E-state index is 13.3. The van der Waals surface area contributed by atoms with Crippen molar-refractivity contribution in [3.05, 3.63) is 46.2 Å². The van der Waals surface area contributed by atoms with Gasteiger partial charge in [-0.1, -0.05) is 13.0 Å². The molecule has 2 aliphatic heterocycles. The number of hydrogen-bond donors (Lipinski definition) is 2. The van der Waals surface area contributed by atoms with Crippen molar-refractivity contribution in [1.82, 2.24) is 10.2 Å². The van der Waals surface area contributed by atoms with Crippen molar-refractivity contribution >= 4 is 34.7 Å². The predicted octanol–water partition coefficient (Wildman–Crippen LogP) is 3.23. The number of carbonyl (C=O) groups excluding carboxylic acids is 3. The van der Waals surface area contributed by atoms with Crippen molar-refractivity contribution < 1.29 is 23.9 Å². The van der Waals surface area contributed by atoms with Crippen LogP contribution in [0.1, 0.15) is 47.8 Å². The van der Waals surface area contributed by atoms with Gasteiger partial charge in [-0.2, -0.15) is 0 Å². The van der Waals surface area contributed by atoms with Crippen molar-refractivity contribution in [3.8, 4) is 5.75 Å². The van der Waals surface area contributed by atoms with Gasteiger partial charge in [-0.15, -0.1) is 11.3 Å². The van der Waals surface area contributed by atoms with Crippen LogP contribution in [0.2, 0.25) is 0 Å². The fourth-order valence-electron chi connectivity index (χ4n) is 4.43. The highest BCUT2D eigenvalue weighted by Crippen LogP contribution is 2.32. The van der Waals surface area contributed by atoms with Crippen molar-refractivity contribution in [2.24, 2.45) is 0 Å². The molecule has 0 unspecified atom stereocenters. The Balaban J connectivity index is 1.43. The van der Waals surface area contributed by atoms with E-state index in [1.807, 2.05) is 24.4 Å². The third kappa shape index (κ3) is 5.77. The van der Waals surface area contributed by atoms with Gasteiger partial charge in [0.15, 0.2) is 0 Å². The molecule has 3 amide bonds. The second-order valence-electron chi connectivity index (χ2n) is 8.74. The van der Waals surface area contributed by atoms with Gasteiger partial charge in [0.05, 0.1) is 30.6 Å². The highest BCUT2D eigenvalue weighted by molar-refractivity contribution is 7.10. The number of hydrogen-bond acceptors (Lipinski definition) is 6. The Labute approximate surface area is 203 Å². The minimum Gasteiger partial charge on any atom is -0.490 e. The van der Waals surface area contributed by atoms with Crippen LogP contribution in [0.5, 0.6) is 5.75 Å². The summed E-state index contributed by atoms with van der Waals surface area (Å²) in [6.45, 7) is 2.96. The molecule has 0 spiro atoms. The van der Waals surface area contributed by atoms with Crippen LogP contribution in [-0.2, 0) is 20.7 Å². The minimum atomic E-state index is -0.315. The summed E-state index contributed by atoms with van der Waals surface area (Å²) in [6, 6.07) is 8.80. The van der Waals surface area contributed by atoms with E-state index >= 15 is 0 Å². The lowest BCUT2D eigenvalue weighted by molar-refractivity contribution is -0.134. The van der Waals surface area contributed by atoms with Gasteiger partial charge in [-0.05, 0) is 48.9 Å². The van der Waals surface area contributed by atoms with Crippen LogP contribution in [0.4, 0.5) is 5.69 Å². The van der Waals surface area contributed by atoms with Crippen LogP contribution in [0.3, 0.4) is 0 Å². The molecule has 34 heavy (non-hydrogen) atoms. The number of fused-ring (bicyclic) bond motifs is 2. The molecule has 0 radical (unpaired) electrons. The lowest BCUT2D eigenvalue weighted by Gasteiger charge is -2.42. The van der Waals surface area contributed by atoms with Crippen LogP contribution >= 0.6 is 11.3 Å². The number of rotatable bonds is 7. The topological polar surface area (TPSA) is 97.0 Å². The van der Waals surface area contributed by atoms with E-state index < -0.39 is 0 Å². The molecule has 2 aliphatic rings. The number of benzene rings is 1. The third-order valence-electron chi connectivity index (χ3n) is 6.20. The van der Waals surface area contributed by atoms with Gasteiger partial charge < -0.3 is 25.0 Å². The number of amides is 3. The summed E-state index contributed by atoms with van der Waals surface area (Å²) in [5, 5.41) is 7.70. The van der Waals surface area contributed by atoms with Gasteiger partial charge in [0.1, 0.15) is 18.5 Å². The lowest BCUT2D eigenvalue weighted by Crippen LogP contribution is -2.54. The molecule has 9 heteroatoms. The molecule has 4 rings (SSSR count). The Morgan fingerprint density at radius 1 is 1.21 bits per heavy atom. The average molecular weight is 486 g/mol. The first-order valence-corrected chi connectivity index (χ1v) is 12.6. The number of nitrogens with one attached hydrogen (secondary N) is 2. The Hall–Kier alpha value is -2.91. The lowest BCUT2D eigenvalue weighted by atomic mass is 9.94. The highest BCUT2D eigenvalue weighted by Gasteiger charge is 2.39. The molecule has 2 N–H and O–H groups in total. The van der Waals surface area contributed by atoms with Crippen molar-refractivity contribution in [2.45, 2.75) is 57.3 Å². The summed E-state index contributed by atoms with van der Waals surface area (Å²) in [7, 11) is 1.77. The van der Waals surface area contributed by atoms with Gasteiger partial charge in [0, 0.05) is 24.2 Å². The zero-order valence-corrected chi connectivity index (χ0v) is 20.4. The van der Waals surface area contributed by atoms with Crippen molar-refractivity contribution in [3.63, 3.8) is 0 Å². The Morgan fingerprint density at radius 2 is 2.06 bits per heavy atom. The quantitative estimate of drug-likeness (QED) is 0.628. The van der Waals surface area contributed by atoms with Gasteiger partial charge in [0.25, 0.3) is 5.91 Å². The Morgan fingerprint density at radius 3 is 2.82 bits per heavy atom. The zero-order valence-electron chi connectivity index (χ0n) is 19.5. The number of carbonyl (C=O) groups is 3. The van der Waals surface area contributed by atoms with Crippen LogP contribution in [0, 0.1) is 0 Å². The van der Waals surface area contributed by atoms with Crippen LogP contribution < -0.4 is 15.4 Å². The summed E-state index contributed by atoms with van der Waals surface area (Å²) in [6.07, 6.45) is 2.42. The normalized spacial score (nSPS) is 22.0. The maximum Gasteiger partial charge on any atom is 0.257 e. The van der Waals surface area contributed by atoms with E-state index in [9.17, 15) is 14.4 Å². The second kappa shape index (κ2) is 11.0. The third-order valence-corrected chi connectivity index (χ3v) is 7.07. The average Bonchev–Trinajstić information content (AvgIpc) is 3.33. The standard InChI is InChI=1S/C25H31N3O5S/c1-3-10-26-23(29)13-17-7-8-20-22(33-17)15-32-21-9-6-16(12-19(21)25(31)28(20)2)27-24(30)14-18-5-4-11-34-18/h4-6,9,11-12,17,20,22H,3,7-8,10,13-15H2,1-2H3,(H,26,29)(H,27,30)/t17-,20+,22+/m1/s1. The van der Waals surface area contributed by atoms with Gasteiger partial charge in [0.2, 0.25) is 11.8 Å². The van der Waals surface area contributed by atoms with E-state index in [2.05, 4.69) is 10.6 Å². The molecule has 182 valence electrons. The summed E-state index contributed by atoms with van der Waals surface area (Å²) < 4.78 is 12.2. The molecule has 3 atom stereocenters. The molecule has 1 aromatic heterocycles. The van der Waals surface area contributed by atoms with Crippen LogP contribution in [-0.4, -0.2) is 61.1 Å². The van der Waals surface area contributed by atoms with Crippen molar-refractivity contribution in [2.75, 3.05) is 25.5 Å². The second-order valence-corrected chi connectivity index (χ2v) is 9.77. The molecule has 1 aromatic carbocycles. The molecular weight excluding hydrogens is 454 g/mol. The maximum atomic E-state index is 13.3. The van der Waals surface area contributed by atoms with Crippen LogP contribution in [0.25, 0.3) is 0 Å². The van der Waals surface area contributed by atoms with E-state index in [4.69, 9.17) is 9.47 Å². The van der Waals surface area contributed by atoms with E-state index in [0.29, 0.717) is 36.4 Å². The number of ether oxygens (including phenoxy) is 2. The monoisotopic (exact) mass is 485 g/mol. The molecule has 0 aliphatic carbocycles. The van der Waals surface area contributed by atoms with E-state index in [1.165, 1.54) is 11.3 Å². The van der Waals surface area contributed by atoms with E-state index in [0.717, 1.165) is 17.7 Å². The zero-order chi connectivity index (χ0) is 24.1. The van der Waals surface area contributed by atoms with Crippen LogP contribution in [0.15, 0.2) is 35.7 Å². The Kier molecular flexibility index (Phi) is 7.84. The van der Waals surface area contributed by atoms with Gasteiger partial charge in [-0.25, -0.2) is 0 Å². The Bertz CT molecular complexity index is 1030. The molecule has 1 fully saturated rings. The number of anilines is 1. The fraction of sp³-hybridized carbons (Fsp3) is 0.480. The first-order chi connectivity index (χ1) is 16.4. The summed E-state index contributed by atoms with van der Waals surface area (Å²) in [5.41, 5.74) is 0.969. The molecule has 3 heterocycles. The summed E-state index contributed by atoms with van der Waals surface area (Å²) in [5.74, 6) is 0.130. The molecule has 8 nitrogen and oxygen atoms in total. The predicted molar refractivity (Wildman–Crippen MR) is 130 cm³/mol. The molecule has 1 saturated heterocycles. The molecule has 0 bridgehead atoms. The first-order valence-electron chi connectivity index (χ1n) is 11.7. The summed E-state index contributed by atoms with van der Waals surface area (Å²) in [4.78, 5) is 40.5. The minimum absolute atomic E-state index is 0.0134. The number of likely N-dealkylation sites (N-methyl/N-ethyl adjacent to an activating group) is 1. The van der Waals surface area contributed by atoms with Crippen molar-refractivity contribution in [1.29, 1.82) is 0 Å². The number of nitrogens with zero attached hydrogens (tertiary/aromatic N) is 1. The molecular formula is C25H31N3O5S.